The highest BCUT2D eigenvalue weighted by molar-refractivity contribution is 7.89. The predicted molar refractivity (Wildman–Crippen MR) is 75.2 cm³/mol. The molecular weight excluding hydrogens is 283 g/mol. The van der Waals surface area contributed by atoms with Gasteiger partial charge in [-0.25, -0.2) is 12.8 Å². The zero-order chi connectivity index (χ0) is 15.2. The van der Waals surface area contributed by atoms with E-state index < -0.39 is 15.8 Å². The van der Waals surface area contributed by atoms with Gasteiger partial charge in [0.15, 0.2) is 0 Å². The highest BCUT2D eigenvalue weighted by Gasteiger charge is 2.23. The van der Waals surface area contributed by atoms with Crippen LogP contribution in [0.4, 0.5) is 4.39 Å². The highest BCUT2D eigenvalue weighted by atomic mass is 32.2. The van der Waals surface area contributed by atoms with E-state index in [-0.39, 0.29) is 36.7 Å². The maximum Gasteiger partial charge on any atom is 0.243 e. The van der Waals surface area contributed by atoms with Crippen molar-refractivity contribution in [3.8, 4) is 0 Å². The monoisotopic (exact) mass is 302 g/mol. The zero-order valence-electron chi connectivity index (χ0n) is 11.3. The molecule has 20 heavy (non-hydrogen) atoms. The van der Waals surface area contributed by atoms with Crippen LogP contribution in [0.3, 0.4) is 0 Å². The molecule has 5 nitrogen and oxygen atoms in total. The molecule has 2 N–H and O–H groups in total. The summed E-state index contributed by atoms with van der Waals surface area (Å²) in [5.41, 5.74) is 0.274. The Balaban J connectivity index is 3.19. The molecule has 7 heteroatoms. The van der Waals surface area contributed by atoms with Crippen molar-refractivity contribution in [3.05, 3.63) is 42.2 Å². The van der Waals surface area contributed by atoms with E-state index in [1.54, 1.807) is 7.05 Å². The summed E-state index contributed by atoms with van der Waals surface area (Å²) in [7, 11) is -2.13. The summed E-state index contributed by atoms with van der Waals surface area (Å²) in [6.07, 6.45) is 1.44. The molecule has 0 fully saturated rings. The van der Waals surface area contributed by atoms with Crippen molar-refractivity contribution in [2.45, 2.75) is 11.4 Å². The Labute approximate surface area is 118 Å². The fourth-order valence-electron chi connectivity index (χ4n) is 1.75. The molecule has 1 aromatic rings. The van der Waals surface area contributed by atoms with Crippen molar-refractivity contribution < 1.29 is 17.9 Å². The minimum atomic E-state index is -3.78. The van der Waals surface area contributed by atoms with E-state index >= 15 is 0 Å². The molecule has 1 rings (SSSR count). The Bertz CT molecular complexity index is 561. The summed E-state index contributed by atoms with van der Waals surface area (Å²) in [6, 6.07) is 3.65. The van der Waals surface area contributed by atoms with Crippen molar-refractivity contribution in [2.24, 2.45) is 0 Å². The van der Waals surface area contributed by atoms with Crippen LogP contribution < -0.4 is 5.32 Å². The van der Waals surface area contributed by atoms with Gasteiger partial charge in [0.05, 0.1) is 11.5 Å². The number of halogens is 1. The molecule has 0 bridgehead atoms. The molecule has 0 heterocycles. The second-order valence-electron chi connectivity index (χ2n) is 4.16. The lowest BCUT2D eigenvalue weighted by molar-refractivity contribution is 0.260. The molecule has 0 aromatic heterocycles. The Morgan fingerprint density at radius 1 is 1.50 bits per heavy atom. The van der Waals surface area contributed by atoms with Gasteiger partial charge in [0, 0.05) is 25.2 Å². The largest absolute Gasteiger partial charge is 0.395 e. The van der Waals surface area contributed by atoms with Crippen LogP contribution in [-0.2, 0) is 16.6 Å². The third-order valence-corrected chi connectivity index (χ3v) is 4.57. The van der Waals surface area contributed by atoms with E-state index in [2.05, 4.69) is 11.9 Å². The molecule has 0 aliphatic rings. The van der Waals surface area contributed by atoms with Crippen LogP contribution in [-0.4, -0.2) is 44.6 Å². The zero-order valence-corrected chi connectivity index (χ0v) is 12.2. The third kappa shape index (κ3) is 3.86. The van der Waals surface area contributed by atoms with Crippen LogP contribution in [0.1, 0.15) is 5.56 Å². The van der Waals surface area contributed by atoms with E-state index in [0.717, 1.165) is 10.4 Å². The first-order chi connectivity index (χ1) is 9.47. The van der Waals surface area contributed by atoms with Gasteiger partial charge in [0.25, 0.3) is 0 Å². The lowest BCUT2D eigenvalue weighted by atomic mass is 10.2. The summed E-state index contributed by atoms with van der Waals surface area (Å²) >= 11 is 0. The van der Waals surface area contributed by atoms with Crippen molar-refractivity contribution in [1.82, 2.24) is 9.62 Å². The lowest BCUT2D eigenvalue weighted by Gasteiger charge is -2.20. The second-order valence-corrected chi connectivity index (χ2v) is 6.10. The van der Waals surface area contributed by atoms with Gasteiger partial charge in [-0.2, -0.15) is 4.31 Å². The number of aliphatic hydroxyl groups is 1. The Hall–Kier alpha value is -1.28. The summed E-state index contributed by atoms with van der Waals surface area (Å²) in [5.74, 6) is -0.462. The molecular formula is C13H19FN2O3S. The maximum atomic E-state index is 13.5. The molecule has 112 valence electrons. The number of hydrogen-bond acceptors (Lipinski definition) is 4. The quantitative estimate of drug-likeness (QED) is 0.694. The predicted octanol–water partition coefficient (Wildman–Crippen LogP) is 0.714. The van der Waals surface area contributed by atoms with Gasteiger partial charge in [0.1, 0.15) is 5.82 Å². The number of nitrogens with zero attached hydrogens (tertiary/aromatic N) is 1. The Morgan fingerprint density at radius 3 is 2.75 bits per heavy atom. The number of aliphatic hydroxyl groups excluding tert-OH is 1. The van der Waals surface area contributed by atoms with Crippen LogP contribution in [0.2, 0.25) is 0 Å². The normalized spacial score (nSPS) is 11.8. The van der Waals surface area contributed by atoms with Crippen molar-refractivity contribution >= 4 is 10.0 Å². The second kappa shape index (κ2) is 7.49. The number of nitrogens with one attached hydrogen (secondary N) is 1. The topological polar surface area (TPSA) is 69.6 Å². The van der Waals surface area contributed by atoms with Crippen molar-refractivity contribution in [2.75, 3.05) is 26.7 Å². The van der Waals surface area contributed by atoms with Gasteiger partial charge in [-0.1, -0.05) is 6.08 Å². The molecule has 0 aliphatic carbocycles. The fourth-order valence-corrected chi connectivity index (χ4v) is 3.20. The minimum absolute atomic E-state index is 0.000509. The number of hydrogen-bond donors (Lipinski definition) is 2. The Morgan fingerprint density at radius 2 is 2.20 bits per heavy atom. The van der Waals surface area contributed by atoms with Crippen molar-refractivity contribution in [1.29, 1.82) is 0 Å². The van der Waals surface area contributed by atoms with Crippen LogP contribution in [0.5, 0.6) is 0 Å². The number of rotatable bonds is 8. The first-order valence-electron chi connectivity index (χ1n) is 6.12. The van der Waals surface area contributed by atoms with Gasteiger partial charge in [-0.05, 0) is 25.2 Å². The molecule has 0 saturated heterocycles. The fraction of sp³-hybridized carbons (Fsp3) is 0.385. The summed E-state index contributed by atoms with van der Waals surface area (Å²) in [5, 5.41) is 11.7. The van der Waals surface area contributed by atoms with E-state index in [4.69, 9.17) is 5.11 Å². The number of benzene rings is 1. The van der Waals surface area contributed by atoms with Crippen LogP contribution in [0.15, 0.2) is 35.7 Å². The molecule has 0 aliphatic heterocycles. The molecule has 0 atom stereocenters. The third-order valence-electron chi connectivity index (χ3n) is 2.70. The number of sulfonamides is 1. The lowest BCUT2D eigenvalue weighted by Crippen LogP contribution is -2.33. The van der Waals surface area contributed by atoms with Gasteiger partial charge in [-0.15, -0.1) is 6.58 Å². The van der Waals surface area contributed by atoms with Gasteiger partial charge in [0.2, 0.25) is 10.0 Å². The van der Waals surface area contributed by atoms with Crippen molar-refractivity contribution in [3.63, 3.8) is 0 Å². The maximum absolute atomic E-state index is 13.5. The van der Waals surface area contributed by atoms with Gasteiger partial charge >= 0.3 is 0 Å². The van der Waals surface area contributed by atoms with Crippen LogP contribution >= 0.6 is 0 Å². The highest BCUT2D eigenvalue weighted by Crippen LogP contribution is 2.19. The first-order valence-corrected chi connectivity index (χ1v) is 7.56. The van der Waals surface area contributed by atoms with E-state index in [9.17, 15) is 12.8 Å². The molecule has 0 spiro atoms. The summed E-state index contributed by atoms with van der Waals surface area (Å²) < 4.78 is 39.4. The molecule has 0 unspecified atom stereocenters. The molecule has 0 saturated carbocycles. The molecule has 0 amide bonds. The van der Waals surface area contributed by atoms with Crippen LogP contribution in [0.25, 0.3) is 0 Å². The van der Waals surface area contributed by atoms with E-state index in [1.165, 1.54) is 18.2 Å². The summed E-state index contributed by atoms with van der Waals surface area (Å²) in [4.78, 5) is -0.000509. The molecule has 0 radical (unpaired) electrons. The van der Waals surface area contributed by atoms with E-state index in [0.29, 0.717) is 0 Å². The molecule has 1 aromatic carbocycles. The Kier molecular flexibility index (Phi) is 6.28. The van der Waals surface area contributed by atoms with Crippen LogP contribution in [0, 0.1) is 5.82 Å². The smallest absolute Gasteiger partial charge is 0.243 e. The van der Waals surface area contributed by atoms with E-state index in [1.807, 2.05) is 0 Å². The summed E-state index contributed by atoms with van der Waals surface area (Å²) in [6.45, 7) is 3.48. The SMILES string of the molecule is C=CCN(CCO)S(=O)(=O)c1ccc(F)c(CNC)c1. The average molecular weight is 302 g/mol. The van der Waals surface area contributed by atoms with Gasteiger partial charge < -0.3 is 10.4 Å². The minimum Gasteiger partial charge on any atom is -0.395 e. The standard InChI is InChI=1S/C13H19FN2O3S/c1-3-6-16(7-8-17)20(18,19)12-4-5-13(14)11(9-12)10-15-2/h3-5,9,15,17H,1,6-8,10H2,2H3. The first kappa shape index (κ1) is 16.8. The average Bonchev–Trinajstić information content (AvgIpc) is 2.41. The van der Waals surface area contributed by atoms with Gasteiger partial charge in [-0.3, -0.25) is 0 Å².